The maximum atomic E-state index is 13.1. The van der Waals surface area contributed by atoms with E-state index >= 15 is 0 Å². The number of ketones is 1. The van der Waals surface area contributed by atoms with Gasteiger partial charge in [0, 0.05) is 27.4 Å². The van der Waals surface area contributed by atoms with Gasteiger partial charge in [-0.3, -0.25) is 4.79 Å². The van der Waals surface area contributed by atoms with Gasteiger partial charge in [-0.15, -0.1) is 0 Å². The van der Waals surface area contributed by atoms with Gasteiger partial charge in [-0.05, 0) is 38.3 Å². The first-order valence-corrected chi connectivity index (χ1v) is 8.77. The predicted molar refractivity (Wildman–Crippen MR) is 99.1 cm³/mol. The summed E-state index contributed by atoms with van der Waals surface area (Å²) < 4.78 is 0. The second-order valence-corrected chi connectivity index (χ2v) is 6.82. The molecule has 0 fully saturated rings. The first-order chi connectivity index (χ1) is 12.1. The molecule has 124 valence electrons. The van der Waals surface area contributed by atoms with Crippen LogP contribution in [-0.4, -0.2) is 15.8 Å². The van der Waals surface area contributed by atoms with Crippen LogP contribution in [-0.2, 0) is 12.8 Å². The highest BCUT2D eigenvalue weighted by Gasteiger charge is 2.24. The van der Waals surface area contributed by atoms with E-state index < -0.39 is 0 Å². The first-order valence-electron chi connectivity index (χ1n) is 8.39. The van der Waals surface area contributed by atoms with E-state index in [2.05, 4.69) is 4.98 Å². The van der Waals surface area contributed by atoms with Gasteiger partial charge in [-0.1, -0.05) is 53.6 Å². The van der Waals surface area contributed by atoms with Gasteiger partial charge < -0.3 is 0 Å². The lowest BCUT2D eigenvalue weighted by Gasteiger charge is -2.10. The van der Waals surface area contributed by atoms with Crippen molar-refractivity contribution in [3.63, 3.8) is 0 Å². The van der Waals surface area contributed by atoms with Gasteiger partial charge in [-0.25, -0.2) is 9.97 Å². The maximum Gasteiger partial charge on any atom is 0.211 e. The van der Waals surface area contributed by atoms with E-state index in [1.807, 2.05) is 55.5 Å². The number of nitrogens with zero attached hydrogens (tertiary/aromatic N) is 2. The molecule has 4 rings (SSSR count). The third kappa shape index (κ3) is 3.08. The fourth-order valence-corrected chi connectivity index (χ4v) is 3.41. The summed E-state index contributed by atoms with van der Waals surface area (Å²) in [6, 6.07) is 15.1. The summed E-state index contributed by atoms with van der Waals surface area (Å²) >= 11 is 6.10. The molecule has 1 aliphatic carbocycles. The molecule has 1 aliphatic rings. The zero-order valence-corrected chi connectivity index (χ0v) is 14.7. The van der Waals surface area contributed by atoms with Crippen LogP contribution in [0.1, 0.15) is 39.3 Å². The lowest BCUT2D eigenvalue weighted by Crippen LogP contribution is -2.11. The van der Waals surface area contributed by atoms with Crippen LogP contribution in [0.3, 0.4) is 0 Å². The first kappa shape index (κ1) is 16.0. The molecule has 1 heterocycles. The van der Waals surface area contributed by atoms with E-state index in [0.717, 1.165) is 41.6 Å². The second-order valence-electron chi connectivity index (χ2n) is 6.38. The van der Waals surface area contributed by atoms with Crippen molar-refractivity contribution < 1.29 is 4.79 Å². The monoisotopic (exact) mass is 348 g/mol. The Morgan fingerprint density at radius 3 is 2.60 bits per heavy atom. The molecule has 3 aromatic rings. The third-order valence-corrected chi connectivity index (χ3v) is 4.78. The Labute approximate surface area is 151 Å². The largest absolute Gasteiger partial charge is 0.287 e. The van der Waals surface area contributed by atoms with Crippen LogP contribution in [0.4, 0.5) is 0 Å². The molecule has 1 aromatic heterocycles. The van der Waals surface area contributed by atoms with E-state index in [-0.39, 0.29) is 5.78 Å². The van der Waals surface area contributed by atoms with Gasteiger partial charge in [0.05, 0.1) is 0 Å². The van der Waals surface area contributed by atoms with Gasteiger partial charge in [0.2, 0.25) is 5.78 Å². The van der Waals surface area contributed by atoms with Crippen LogP contribution in [0.15, 0.2) is 48.5 Å². The van der Waals surface area contributed by atoms with Crippen molar-refractivity contribution in [1.29, 1.82) is 0 Å². The number of hydrogen-bond donors (Lipinski definition) is 0. The minimum absolute atomic E-state index is 0.0381. The molecule has 0 amide bonds. The number of halogens is 1. The molecule has 0 N–H and O–H groups in total. The molecule has 0 bridgehead atoms. The van der Waals surface area contributed by atoms with Crippen molar-refractivity contribution in [2.24, 2.45) is 0 Å². The second kappa shape index (κ2) is 6.41. The lowest BCUT2D eigenvalue weighted by molar-refractivity contribution is 0.103. The number of hydrogen-bond acceptors (Lipinski definition) is 3. The Morgan fingerprint density at radius 1 is 1.04 bits per heavy atom. The van der Waals surface area contributed by atoms with Crippen molar-refractivity contribution in [2.45, 2.75) is 26.2 Å². The fourth-order valence-electron chi connectivity index (χ4n) is 3.22. The van der Waals surface area contributed by atoms with Crippen LogP contribution in [0, 0.1) is 6.92 Å². The van der Waals surface area contributed by atoms with Crippen LogP contribution in [0.25, 0.3) is 11.4 Å². The van der Waals surface area contributed by atoms with E-state index in [1.54, 1.807) is 0 Å². The minimum Gasteiger partial charge on any atom is -0.287 e. The smallest absolute Gasteiger partial charge is 0.211 e. The average molecular weight is 349 g/mol. The Kier molecular flexibility index (Phi) is 4.10. The third-order valence-electron chi connectivity index (χ3n) is 4.54. The van der Waals surface area contributed by atoms with Gasteiger partial charge in [0.1, 0.15) is 5.69 Å². The predicted octanol–water partition coefficient (Wildman–Crippen LogP) is 4.83. The Bertz CT molecular complexity index is 964. The number of carbonyl (C=O) groups is 1. The summed E-state index contributed by atoms with van der Waals surface area (Å²) in [5.74, 6) is 0.530. The summed E-state index contributed by atoms with van der Waals surface area (Å²) in [7, 11) is 0. The SMILES string of the molecule is Cc1ccc(C(=O)c2nc(-c3cccc(Cl)c3)nc3c2CCC3)cc1. The quantitative estimate of drug-likeness (QED) is 0.637. The number of fused-ring (bicyclic) bond motifs is 1. The molecule has 3 nitrogen and oxygen atoms in total. The molecule has 0 saturated heterocycles. The van der Waals surface area contributed by atoms with Crippen LogP contribution in [0.5, 0.6) is 0 Å². The Hall–Kier alpha value is -2.52. The number of benzene rings is 2. The molecule has 0 unspecified atom stereocenters. The molecule has 0 radical (unpaired) electrons. The minimum atomic E-state index is -0.0381. The van der Waals surface area contributed by atoms with Crippen LogP contribution in [0.2, 0.25) is 5.02 Å². The van der Waals surface area contributed by atoms with Gasteiger partial charge in [0.25, 0.3) is 0 Å². The zero-order valence-electron chi connectivity index (χ0n) is 13.9. The fraction of sp³-hybridized carbons (Fsp3) is 0.190. The highest BCUT2D eigenvalue weighted by Crippen LogP contribution is 2.28. The zero-order chi connectivity index (χ0) is 17.4. The average Bonchev–Trinajstić information content (AvgIpc) is 3.09. The van der Waals surface area contributed by atoms with Crippen LogP contribution < -0.4 is 0 Å². The molecule has 0 aliphatic heterocycles. The normalized spacial score (nSPS) is 12.9. The van der Waals surface area contributed by atoms with E-state index in [1.165, 1.54) is 0 Å². The van der Waals surface area contributed by atoms with Crippen molar-refractivity contribution in [3.8, 4) is 11.4 Å². The van der Waals surface area contributed by atoms with Gasteiger partial charge >= 0.3 is 0 Å². The summed E-state index contributed by atoms with van der Waals surface area (Å²) in [4.78, 5) is 22.4. The van der Waals surface area contributed by atoms with Gasteiger partial charge in [-0.2, -0.15) is 0 Å². The van der Waals surface area contributed by atoms with Gasteiger partial charge in [0.15, 0.2) is 5.82 Å². The molecule has 4 heteroatoms. The Balaban J connectivity index is 1.84. The summed E-state index contributed by atoms with van der Waals surface area (Å²) in [6.07, 6.45) is 2.76. The number of carbonyl (C=O) groups excluding carboxylic acids is 1. The molecular formula is C21H17ClN2O. The van der Waals surface area contributed by atoms with Crippen molar-refractivity contribution in [1.82, 2.24) is 9.97 Å². The molecule has 25 heavy (non-hydrogen) atoms. The van der Waals surface area contributed by atoms with Crippen molar-refractivity contribution in [2.75, 3.05) is 0 Å². The molecular weight excluding hydrogens is 332 g/mol. The molecule has 0 atom stereocenters. The number of rotatable bonds is 3. The summed E-state index contributed by atoms with van der Waals surface area (Å²) in [5, 5.41) is 0.632. The topological polar surface area (TPSA) is 42.9 Å². The molecule has 0 spiro atoms. The van der Waals surface area contributed by atoms with E-state index in [9.17, 15) is 4.79 Å². The van der Waals surface area contributed by atoms with E-state index in [0.29, 0.717) is 22.1 Å². The number of aromatic nitrogens is 2. The van der Waals surface area contributed by atoms with Crippen LogP contribution >= 0.6 is 11.6 Å². The highest BCUT2D eigenvalue weighted by molar-refractivity contribution is 6.30. The summed E-state index contributed by atoms with van der Waals surface area (Å²) in [5.41, 5.74) is 5.14. The maximum absolute atomic E-state index is 13.1. The van der Waals surface area contributed by atoms with Crippen molar-refractivity contribution >= 4 is 17.4 Å². The molecule has 2 aromatic carbocycles. The summed E-state index contributed by atoms with van der Waals surface area (Å²) in [6.45, 7) is 2.01. The molecule has 0 saturated carbocycles. The highest BCUT2D eigenvalue weighted by atomic mass is 35.5. The lowest BCUT2D eigenvalue weighted by atomic mass is 10.0. The standard InChI is InChI=1S/C21H17ClN2O/c1-13-8-10-14(11-9-13)20(25)19-17-6-3-7-18(17)23-21(24-19)15-4-2-5-16(22)12-15/h2,4-5,8-12H,3,6-7H2,1H3. The van der Waals surface area contributed by atoms with E-state index in [4.69, 9.17) is 16.6 Å². The van der Waals surface area contributed by atoms with Crippen molar-refractivity contribution in [3.05, 3.63) is 81.6 Å². The number of aryl methyl sites for hydroxylation is 2. The Morgan fingerprint density at radius 2 is 1.84 bits per heavy atom.